The molecule has 0 bridgehead atoms. The highest BCUT2D eigenvalue weighted by molar-refractivity contribution is 5.36. The monoisotopic (exact) mass is 160 g/mol. The molecule has 0 aliphatic rings. The van der Waals surface area contributed by atoms with Gasteiger partial charge in [-0.2, -0.15) is 0 Å². The Morgan fingerprint density at radius 3 is 3.08 bits per heavy atom. The van der Waals surface area contributed by atoms with E-state index in [9.17, 15) is 0 Å². The molecule has 1 aromatic heterocycles. The third-order valence-corrected chi connectivity index (χ3v) is 1.50. The minimum atomic E-state index is 0.717. The Morgan fingerprint density at radius 2 is 2.42 bits per heavy atom. The summed E-state index contributed by atoms with van der Waals surface area (Å²) in [6.07, 6.45) is 1.78. The number of hydrogen-bond donors (Lipinski definition) is 1. The minimum absolute atomic E-state index is 0.717. The molecule has 0 aliphatic carbocycles. The fraction of sp³-hybridized carbons (Fsp3) is 0.300. The Labute approximate surface area is 73.0 Å². The van der Waals surface area contributed by atoms with Crippen LogP contribution in [0.2, 0.25) is 0 Å². The third-order valence-electron chi connectivity index (χ3n) is 1.50. The van der Waals surface area contributed by atoms with Gasteiger partial charge in [0.05, 0.1) is 12.2 Å². The molecule has 0 amide bonds. The molecule has 0 saturated carbocycles. The zero-order chi connectivity index (χ0) is 8.81. The Kier molecular flexibility index (Phi) is 3.31. The largest absolute Gasteiger partial charge is 0.309 e. The van der Waals surface area contributed by atoms with Crippen LogP contribution < -0.4 is 5.32 Å². The average Bonchev–Trinajstić information content (AvgIpc) is 2.09. The highest BCUT2D eigenvalue weighted by Crippen LogP contribution is 1.99. The summed E-state index contributed by atoms with van der Waals surface area (Å²) in [4.78, 5) is 4.13. The van der Waals surface area contributed by atoms with Crippen LogP contribution >= 0.6 is 0 Å². The molecule has 1 N–H and O–H groups in total. The summed E-state index contributed by atoms with van der Waals surface area (Å²) >= 11 is 0. The molecule has 1 rings (SSSR count). The van der Waals surface area contributed by atoms with Crippen LogP contribution in [0.15, 0.2) is 18.3 Å². The summed E-state index contributed by atoms with van der Waals surface area (Å²) < 4.78 is 0. The second kappa shape index (κ2) is 4.53. The molecule has 1 heterocycles. The van der Waals surface area contributed by atoms with Gasteiger partial charge in [0.2, 0.25) is 0 Å². The van der Waals surface area contributed by atoms with Crippen molar-refractivity contribution in [1.29, 1.82) is 0 Å². The third kappa shape index (κ3) is 2.37. The summed E-state index contributed by atoms with van der Waals surface area (Å²) in [6, 6.07) is 3.88. The lowest BCUT2D eigenvalue weighted by atomic mass is 10.2. The van der Waals surface area contributed by atoms with E-state index in [0.717, 1.165) is 11.3 Å². The number of rotatable bonds is 1. The standard InChI is InChI=1S/C10H12N2/c1-9-10(5-3-7-11-2)6-4-8-12-9/h4,6,8,11H,7H2,1-2H3. The van der Waals surface area contributed by atoms with Crippen molar-refractivity contribution in [2.45, 2.75) is 6.92 Å². The first-order chi connectivity index (χ1) is 5.84. The predicted octanol–water partition coefficient (Wildman–Crippen LogP) is 0.961. The van der Waals surface area contributed by atoms with Gasteiger partial charge in [-0.05, 0) is 26.1 Å². The Hall–Kier alpha value is -1.33. The quantitative estimate of drug-likeness (QED) is 0.619. The molecule has 2 heteroatoms. The van der Waals surface area contributed by atoms with Gasteiger partial charge in [-0.1, -0.05) is 11.8 Å². The van der Waals surface area contributed by atoms with Gasteiger partial charge >= 0.3 is 0 Å². The molecule has 0 spiro atoms. The minimum Gasteiger partial charge on any atom is -0.309 e. The lowest BCUT2D eigenvalue weighted by Crippen LogP contribution is -2.04. The van der Waals surface area contributed by atoms with Crippen molar-refractivity contribution >= 4 is 0 Å². The molecule has 0 fully saturated rings. The molecule has 0 saturated heterocycles. The van der Waals surface area contributed by atoms with Crippen molar-refractivity contribution in [2.24, 2.45) is 0 Å². The van der Waals surface area contributed by atoms with E-state index in [2.05, 4.69) is 22.1 Å². The van der Waals surface area contributed by atoms with Crippen molar-refractivity contribution in [3.05, 3.63) is 29.6 Å². The second-order valence-corrected chi connectivity index (χ2v) is 2.47. The van der Waals surface area contributed by atoms with Crippen molar-refractivity contribution < 1.29 is 0 Å². The van der Waals surface area contributed by atoms with Gasteiger partial charge in [0, 0.05) is 11.8 Å². The van der Waals surface area contributed by atoms with Crippen LogP contribution in [-0.2, 0) is 0 Å². The van der Waals surface area contributed by atoms with E-state index in [4.69, 9.17) is 0 Å². The van der Waals surface area contributed by atoms with Crippen LogP contribution in [0.25, 0.3) is 0 Å². The van der Waals surface area contributed by atoms with Gasteiger partial charge in [-0.3, -0.25) is 4.98 Å². The maximum absolute atomic E-state index is 4.13. The van der Waals surface area contributed by atoms with E-state index in [1.54, 1.807) is 6.20 Å². The molecule has 0 atom stereocenters. The fourth-order valence-corrected chi connectivity index (χ4v) is 0.844. The zero-order valence-electron chi connectivity index (χ0n) is 7.39. The number of hydrogen-bond acceptors (Lipinski definition) is 2. The second-order valence-electron chi connectivity index (χ2n) is 2.47. The van der Waals surface area contributed by atoms with Gasteiger partial charge in [0.15, 0.2) is 0 Å². The van der Waals surface area contributed by atoms with E-state index in [-0.39, 0.29) is 0 Å². The predicted molar refractivity (Wildman–Crippen MR) is 49.8 cm³/mol. The molecule has 62 valence electrons. The molecule has 0 aromatic carbocycles. The van der Waals surface area contributed by atoms with Crippen molar-refractivity contribution in [3.8, 4) is 11.8 Å². The maximum Gasteiger partial charge on any atom is 0.0577 e. The van der Waals surface area contributed by atoms with Crippen LogP contribution in [0.4, 0.5) is 0 Å². The number of nitrogens with zero attached hydrogens (tertiary/aromatic N) is 1. The first kappa shape index (κ1) is 8.76. The Morgan fingerprint density at radius 1 is 1.58 bits per heavy atom. The Balaban J connectivity index is 2.77. The van der Waals surface area contributed by atoms with Crippen molar-refractivity contribution in [2.75, 3.05) is 13.6 Å². The summed E-state index contributed by atoms with van der Waals surface area (Å²) in [5.74, 6) is 6.03. The van der Waals surface area contributed by atoms with Crippen LogP contribution in [0.1, 0.15) is 11.3 Å². The molecule has 1 aromatic rings. The molecule has 0 aliphatic heterocycles. The number of aromatic nitrogens is 1. The number of nitrogens with one attached hydrogen (secondary N) is 1. The van der Waals surface area contributed by atoms with E-state index in [0.29, 0.717) is 6.54 Å². The first-order valence-corrected chi connectivity index (χ1v) is 3.89. The van der Waals surface area contributed by atoms with Crippen molar-refractivity contribution in [3.63, 3.8) is 0 Å². The van der Waals surface area contributed by atoms with Crippen LogP contribution in [0.5, 0.6) is 0 Å². The first-order valence-electron chi connectivity index (χ1n) is 3.89. The van der Waals surface area contributed by atoms with Crippen molar-refractivity contribution in [1.82, 2.24) is 10.3 Å². The van der Waals surface area contributed by atoms with Gasteiger partial charge in [0.1, 0.15) is 0 Å². The molecular formula is C10H12N2. The molecular weight excluding hydrogens is 148 g/mol. The number of aryl methyl sites for hydroxylation is 1. The molecule has 0 unspecified atom stereocenters. The lowest BCUT2D eigenvalue weighted by molar-refractivity contribution is 0.938. The highest BCUT2D eigenvalue weighted by Gasteiger charge is 1.90. The summed E-state index contributed by atoms with van der Waals surface area (Å²) in [5.41, 5.74) is 1.99. The summed E-state index contributed by atoms with van der Waals surface area (Å²) in [5, 5.41) is 2.96. The van der Waals surface area contributed by atoms with E-state index >= 15 is 0 Å². The van der Waals surface area contributed by atoms with Gasteiger partial charge in [0.25, 0.3) is 0 Å². The van der Waals surface area contributed by atoms with Crippen LogP contribution in [0.3, 0.4) is 0 Å². The molecule has 2 nitrogen and oxygen atoms in total. The lowest BCUT2D eigenvalue weighted by Gasteiger charge is -1.93. The SMILES string of the molecule is CNCC#Cc1cccnc1C. The fourth-order valence-electron chi connectivity index (χ4n) is 0.844. The van der Waals surface area contributed by atoms with Gasteiger partial charge < -0.3 is 5.32 Å². The normalized spacial score (nSPS) is 8.83. The smallest absolute Gasteiger partial charge is 0.0577 e. The Bertz CT molecular complexity index is 307. The van der Waals surface area contributed by atoms with Gasteiger partial charge in [-0.15, -0.1) is 0 Å². The average molecular weight is 160 g/mol. The summed E-state index contributed by atoms with van der Waals surface area (Å²) in [7, 11) is 1.88. The van der Waals surface area contributed by atoms with E-state index in [1.165, 1.54) is 0 Å². The summed E-state index contributed by atoms with van der Waals surface area (Å²) in [6.45, 7) is 2.68. The van der Waals surface area contributed by atoms with Crippen LogP contribution in [0, 0.1) is 18.8 Å². The topological polar surface area (TPSA) is 24.9 Å². The van der Waals surface area contributed by atoms with E-state index in [1.807, 2.05) is 26.1 Å². The highest BCUT2D eigenvalue weighted by atomic mass is 14.8. The molecule has 0 radical (unpaired) electrons. The van der Waals surface area contributed by atoms with Crippen LogP contribution in [-0.4, -0.2) is 18.6 Å². The number of pyridine rings is 1. The van der Waals surface area contributed by atoms with E-state index < -0.39 is 0 Å². The zero-order valence-corrected chi connectivity index (χ0v) is 7.39. The maximum atomic E-state index is 4.13. The van der Waals surface area contributed by atoms with Gasteiger partial charge in [-0.25, -0.2) is 0 Å². The molecule has 12 heavy (non-hydrogen) atoms.